The van der Waals surface area contributed by atoms with Gasteiger partial charge in [-0.2, -0.15) is 0 Å². The van der Waals surface area contributed by atoms with Crippen molar-refractivity contribution in [1.29, 1.82) is 0 Å². The molecular formula is C19H37ClN2O. The molecule has 0 atom stereocenters. The van der Waals surface area contributed by atoms with Gasteiger partial charge in [0, 0.05) is 18.0 Å². The van der Waals surface area contributed by atoms with E-state index in [1.807, 2.05) is 0 Å². The van der Waals surface area contributed by atoms with Crippen LogP contribution in [0.3, 0.4) is 0 Å². The van der Waals surface area contributed by atoms with E-state index >= 15 is 0 Å². The van der Waals surface area contributed by atoms with Gasteiger partial charge in [-0.15, -0.1) is 12.4 Å². The minimum atomic E-state index is 0. The fourth-order valence-corrected chi connectivity index (χ4v) is 5.55. The van der Waals surface area contributed by atoms with Crippen LogP contribution < -0.4 is 11.1 Å². The van der Waals surface area contributed by atoms with E-state index in [0.29, 0.717) is 16.4 Å². The molecule has 0 aromatic rings. The maximum atomic E-state index is 10.8. The van der Waals surface area contributed by atoms with Gasteiger partial charge in [0.25, 0.3) is 0 Å². The quantitative estimate of drug-likeness (QED) is 0.802. The van der Waals surface area contributed by atoms with Crippen molar-refractivity contribution in [1.82, 2.24) is 5.32 Å². The molecule has 23 heavy (non-hydrogen) atoms. The van der Waals surface area contributed by atoms with Crippen LogP contribution in [0.2, 0.25) is 0 Å². The van der Waals surface area contributed by atoms with E-state index in [9.17, 15) is 4.79 Å². The van der Waals surface area contributed by atoms with Crippen molar-refractivity contribution in [3.63, 3.8) is 0 Å². The lowest BCUT2D eigenvalue weighted by molar-refractivity contribution is -0.186. The number of nitrogens with two attached hydrogens (primary N) is 1. The van der Waals surface area contributed by atoms with Gasteiger partial charge in [0.1, 0.15) is 0 Å². The van der Waals surface area contributed by atoms with Gasteiger partial charge in [-0.25, -0.2) is 0 Å². The second kappa shape index (κ2) is 5.91. The van der Waals surface area contributed by atoms with Crippen molar-refractivity contribution in [2.24, 2.45) is 28.4 Å². The summed E-state index contributed by atoms with van der Waals surface area (Å²) in [6.07, 6.45) is 7.57. The van der Waals surface area contributed by atoms with E-state index < -0.39 is 0 Å². The Labute approximate surface area is 149 Å². The molecule has 4 bridgehead atoms. The van der Waals surface area contributed by atoms with Crippen molar-refractivity contribution in [3.8, 4) is 0 Å². The molecule has 6 fully saturated rings. The highest BCUT2D eigenvalue weighted by Crippen LogP contribution is 2.70. The van der Waals surface area contributed by atoms with Gasteiger partial charge in [0.15, 0.2) is 0 Å². The molecule has 6 rings (SSSR count). The molecule has 6 saturated carbocycles. The summed E-state index contributed by atoms with van der Waals surface area (Å²) in [6.45, 7) is 10.8. The van der Waals surface area contributed by atoms with E-state index in [1.54, 1.807) is 6.92 Å². The number of hydrogen-bond donors (Lipinski definition) is 2. The normalized spacial score (nSPS) is 44.0. The molecule has 3 N–H and O–H groups in total. The third-order valence-electron chi connectivity index (χ3n) is 7.07. The highest BCUT2D eigenvalue weighted by molar-refractivity contribution is 5.85. The Morgan fingerprint density at radius 1 is 0.913 bits per heavy atom. The molecule has 0 radical (unpaired) electrons. The molecular weight excluding hydrogens is 308 g/mol. The Morgan fingerprint density at radius 3 is 1.48 bits per heavy atom. The van der Waals surface area contributed by atoms with Gasteiger partial charge in [-0.3, -0.25) is 4.79 Å². The first-order chi connectivity index (χ1) is 9.55. The molecule has 1 amide bonds. The van der Waals surface area contributed by atoms with Crippen LogP contribution in [0.5, 0.6) is 0 Å². The SMILES string of the molecule is C.CC(=O)NC12CC(C(C)C)(C1)C2.CC(C)C12CC(N)(C1)C2.Cl. The van der Waals surface area contributed by atoms with E-state index in [-0.39, 0.29) is 31.3 Å². The Hall–Kier alpha value is -0.280. The molecule has 3 nitrogen and oxygen atoms in total. The zero-order valence-electron chi connectivity index (χ0n) is 14.8. The monoisotopic (exact) mass is 344 g/mol. The summed E-state index contributed by atoms with van der Waals surface area (Å²) in [7, 11) is 0. The van der Waals surface area contributed by atoms with Crippen LogP contribution in [0, 0.1) is 22.7 Å². The minimum Gasteiger partial charge on any atom is -0.351 e. The lowest BCUT2D eigenvalue weighted by Gasteiger charge is -2.72. The number of hydrogen-bond acceptors (Lipinski definition) is 2. The van der Waals surface area contributed by atoms with Gasteiger partial charge in [-0.05, 0) is 61.2 Å². The number of nitrogens with one attached hydrogen (secondary N) is 1. The van der Waals surface area contributed by atoms with E-state index in [2.05, 4.69) is 33.0 Å². The van der Waals surface area contributed by atoms with Crippen LogP contribution in [0.4, 0.5) is 0 Å². The first-order valence-electron chi connectivity index (χ1n) is 8.62. The Morgan fingerprint density at radius 2 is 1.26 bits per heavy atom. The third kappa shape index (κ3) is 3.04. The predicted octanol–water partition coefficient (Wildman–Crippen LogP) is 4.28. The number of carbonyl (C=O) groups excluding carboxylic acids is 1. The first kappa shape index (κ1) is 20.8. The summed E-state index contributed by atoms with van der Waals surface area (Å²) in [4.78, 5) is 10.8. The smallest absolute Gasteiger partial charge is 0.217 e. The summed E-state index contributed by atoms with van der Waals surface area (Å²) in [5, 5.41) is 3.06. The van der Waals surface area contributed by atoms with Crippen molar-refractivity contribution >= 4 is 18.3 Å². The largest absolute Gasteiger partial charge is 0.351 e. The van der Waals surface area contributed by atoms with Crippen LogP contribution >= 0.6 is 12.4 Å². The van der Waals surface area contributed by atoms with Crippen LogP contribution in [0.25, 0.3) is 0 Å². The fraction of sp³-hybridized carbons (Fsp3) is 0.947. The minimum absolute atomic E-state index is 0. The second-order valence-corrected chi connectivity index (χ2v) is 9.42. The van der Waals surface area contributed by atoms with Crippen molar-refractivity contribution in [3.05, 3.63) is 0 Å². The average Bonchev–Trinajstić information content (AvgIpc) is 2.15. The zero-order valence-corrected chi connectivity index (χ0v) is 15.6. The second-order valence-electron chi connectivity index (χ2n) is 9.42. The predicted molar refractivity (Wildman–Crippen MR) is 99.7 cm³/mol. The molecule has 0 aromatic carbocycles. The van der Waals surface area contributed by atoms with Crippen molar-refractivity contribution in [2.45, 2.75) is 91.6 Å². The lowest BCUT2D eigenvalue weighted by atomic mass is 9.36. The maximum absolute atomic E-state index is 10.8. The average molecular weight is 345 g/mol. The Bertz CT molecular complexity index is 432. The summed E-state index contributed by atoms with van der Waals surface area (Å²) in [5.41, 5.74) is 7.76. The molecule has 0 aromatic heterocycles. The number of carbonyl (C=O) groups is 1. The van der Waals surface area contributed by atoms with Crippen LogP contribution in [0.15, 0.2) is 0 Å². The van der Waals surface area contributed by atoms with Crippen molar-refractivity contribution < 1.29 is 4.79 Å². The van der Waals surface area contributed by atoms with Crippen LogP contribution in [0.1, 0.15) is 80.6 Å². The molecule has 4 heteroatoms. The standard InChI is InChI=1S/C10H17NO.C8H15N.CH4.ClH/c1-7(2)9-4-10(5-9,6-9)11-8(3)12;1-6(2)7-3-8(9,4-7)5-7;;/h7H,4-6H2,1-3H3,(H,11,12);6H,3-5,9H2,1-2H3;1H4;1H. The van der Waals surface area contributed by atoms with Gasteiger partial charge in [0.2, 0.25) is 5.91 Å². The van der Waals surface area contributed by atoms with Crippen molar-refractivity contribution in [2.75, 3.05) is 0 Å². The maximum Gasteiger partial charge on any atom is 0.217 e. The van der Waals surface area contributed by atoms with Gasteiger partial charge >= 0.3 is 0 Å². The van der Waals surface area contributed by atoms with Crippen LogP contribution in [-0.4, -0.2) is 17.0 Å². The summed E-state index contributed by atoms with van der Waals surface area (Å²) in [5.74, 6) is 1.78. The topological polar surface area (TPSA) is 55.1 Å². The molecule has 0 saturated heterocycles. The molecule has 6 aliphatic rings. The van der Waals surface area contributed by atoms with E-state index in [4.69, 9.17) is 5.73 Å². The Balaban J connectivity index is 0.000000218. The van der Waals surface area contributed by atoms with E-state index in [1.165, 1.54) is 38.5 Å². The molecule has 0 aliphatic heterocycles. The van der Waals surface area contributed by atoms with Crippen LogP contribution in [-0.2, 0) is 4.79 Å². The zero-order chi connectivity index (χ0) is 15.7. The van der Waals surface area contributed by atoms with Gasteiger partial charge in [0.05, 0.1) is 0 Å². The van der Waals surface area contributed by atoms with Gasteiger partial charge < -0.3 is 11.1 Å². The number of halogens is 1. The van der Waals surface area contributed by atoms with E-state index in [0.717, 1.165) is 11.8 Å². The first-order valence-corrected chi connectivity index (χ1v) is 8.62. The summed E-state index contributed by atoms with van der Waals surface area (Å²) < 4.78 is 0. The lowest BCUT2D eigenvalue weighted by Crippen LogP contribution is -2.75. The van der Waals surface area contributed by atoms with Gasteiger partial charge in [-0.1, -0.05) is 35.1 Å². The molecule has 0 unspecified atom stereocenters. The number of rotatable bonds is 3. The summed E-state index contributed by atoms with van der Waals surface area (Å²) in [6, 6.07) is 0. The third-order valence-corrected chi connectivity index (χ3v) is 7.07. The fourth-order valence-electron chi connectivity index (χ4n) is 5.55. The summed E-state index contributed by atoms with van der Waals surface area (Å²) >= 11 is 0. The highest BCUT2D eigenvalue weighted by atomic mass is 35.5. The molecule has 0 spiro atoms. The highest BCUT2D eigenvalue weighted by Gasteiger charge is 2.69. The molecule has 6 aliphatic carbocycles. The molecule has 0 heterocycles. The Kier molecular flexibility index (Phi) is 5.34. The molecule has 136 valence electrons. The number of amides is 1.